The minimum absolute atomic E-state index is 0.0362. The molecule has 1 heterocycles. The molecule has 0 radical (unpaired) electrons. The van der Waals surface area contributed by atoms with E-state index in [1.165, 1.54) is 24.4 Å². The molecule has 2 N–H and O–H groups in total. The highest BCUT2D eigenvalue weighted by atomic mass is 35.5. The first-order valence-corrected chi connectivity index (χ1v) is 7.43. The summed E-state index contributed by atoms with van der Waals surface area (Å²) in [5.41, 5.74) is 1.64. The number of carbonyl (C=O) groups is 1. The molecule has 0 bridgehead atoms. The first-order chi connectivity index (χ1) is 10.6. The van der Waals surface area contributed by atoms with Crippen LogP contribution in [-0.2, 0) is 0 Å². The number of unbranched alkanes of at least 4 members (excludes halogenated alkanes) is 1. The summed E-state index contributed by atoms with van der Waals surface area (Å²) >= 11 is 5.69. The lowest BCUT2D eigenvalue weighted by Gasteiger charge is -2.08. The lowest BCUT2D eigenvalue weighted by Crippen LogP contribution is -2.13. The normalized spacial score (nSPS) is 10.3. The van der Waals surface area contributed by atoms with E-state index >= 15 is 0 Å². The number of anilines is 2. The Morgan fingerprint density at radius 3 is 2.82 bits per heavy atom. The highest BCUT2D eigenvalue weighted by Crippen LogP contribution is 2.20. The summed E-state index contributed by atoms with van der Waals surface area (Å²) in [6, 6.07) is 5.75. The third-order valence-electron chi connectivity index (χ3n) is 3.04. The third kappa shape index (κ3) is 4.43. The first-order valence-electron chi connectivity index (χ1n) is 7.05. The summed E-state index contributed by atoms with van der Waals surface area (Å²) in [7, 11) is 0. The second-order valence-corrected chi connectivity index (χ2v) is 5.23. The molecule has 1 amide bonds. The number of rotatable bonds is 6. The minimum atomic E-state index is -0.525. The lowest BCUT2D eigenvalue weighted by molar-refractivity contribution is 0.102. The van der Waals surface area contributed by atoms with Gasteiger partial charge in [0.15, 0.2) is 0 Å². The van der Waals surface area contributed by atoms with Crippen LogP contribution in [0, 0.1) is 5.82 Å². The SMILES string of the molecule is CCCCNc1cncc(C(=O)Nc2ccc(F)c(Cl)c2)c1. The van der Waals surface area contributed by atoms with Crippen LogP contribution >= 0.6 is 11.6 Å². The summed E-state index contributed by atoms with van der Waals surface area (Å²) < 4.78 is 13.1. The van der Waals surface area contributed by atoms with Gasteiger partial charge in [0, 0.05) is 24.6 Å². The Kier molecular flexibility index (Phi) is 5.72. The maximum atomic E-state index is 13.1. The summed E-state index contributed by atoms with van der Waals surface area (Å²) in [5, 5.41) is 5.83. The molecule has 0 spiro atoms. The van der Waals surface area contributed by atoms with Crippen LogP contribution in [0.25, 0.3) is 0 Å². The van der Waals surface area contributed by atoms with Gasteiger partial charge in [-0.15, -0.1) is 0 Å². The van der Waals surface area contributed by atoms with Gasteiger partial charge in [0.1, 0.15) is 5.82 Å². The monoisotopic (exact) mass is 321 g/mol. The van der Waals surface area contributed by atoms with Gasteiger partial charge in [-0.25, -0.2) is 4.39 Å². The summed E-state index contributed by atoms with van der Waals surface area (Å²) in [6.07, 6.45) is 5.28. The van der Waals surface area contributed by atoms with E-state index in [-0.39, 0.29) is 10.9 Å². The number of nitrogens with one attached hydrogen (secondary N) is 2. The fraction of sp³-hybridized carbons (Fsp3) is 0.250. The van der Waals surface area contributed by atoms with Crippen molar-refractivity contribution in [3.8, 4) is 0 Å². The van der Waals surface area contributed by atoms with E-state index in [0.29, 0.717) is 11.3 Å². The van der Waals surface area contributed by atoms with E-state index in [1.807, 2.05) is 0 Å². The molecular weight excluding hydrogens is 305 g/mol. The Bertz CT molecular complexity index is 664. The number of aromatic nitrogens is 1. The number of halogens is 2. The van der Waals surface area contributed by atoms with Crippen LogP contribution in [0.2, 0.25) is 5.02 Å². The molecule has 2 rings (SSSR count). The van der Waals surface area contributed by atoms with Gasteiger partial charge in [-0.05, 0) is 30.7 Å². The van der Waals surface area contributed by atoms with E-state index in [0.717, 1.165) is 25.1 Å². The molecule has 0 unspecified atom stereocenters. The summed E-state index contributed by atoms with van der Waals surface area (Å²) in [4.78, 5) is 16.2. The van der Waals surface area contributed by atoms with Crippen molar-refractivity contribution in [2.24, 2.45) is 0 Å². The quantitative estimate of drug-likeness (QED) is 0.778. The van der Waals surface area contributed by atoms with Crippen LogP contribution in [0.1, 0.15) is 30.1 Å². The van der Waals surface area contributed by atoms with Gasteiger partial charge in [-0.2, -0.15) is 0 Å². The molecule has 0 aliphatic heterocycles. The van der Waals surface area contributed by atoms with Gasteiger partial charge in [0.2, 0.25) is 0 Å². The molecule has 2 aromatic rings. The molecule has 116 valence electrons. The Hall–Kier alpha value is -2.14. The Labute approximate surface area is 133 Å². The van der Waals surface area contributed by atoms with Crippen molar-refractivity contribution in [1.29, 1.82) is 0 Å². The van der Waals surface area contributed by atoms with Crippen molar-refractivity contribution in [2.45, 2.75) is 19.8 Å². The number of amides is 1. The molecule has 1 aromatic carbocycles. The Morgan fingerprint density at radius 1 is 1.27 bits per heavy atom. The van der Waals surface area contributed by atoms with Crippen molar-refractivity contribution in [3.63, 3.8) is 0 Å². The number of hydrogen-bond donors (Lipinski definition) is 2. The molecule has 0 aliphatic rings. The standard InChI is InChI=1S/C16H17ClFN3O/c1-2-3-6-20-13-7-11(9-19-10-13)16(22)21-12-4-5-15(18)14(17)8-12/h4-5,7-10,20H,2-3,6H2,1H3,(H,21,22). The summed E-state index contributed by atoms with van der Waals surface area (Å²) in [6.45, 7) is 2.94. The second-order valence-electron chi connectivity index (χ2n) is 4.83. The predicted molar refractivity (Wildman–Crippen MR) is 87.0 cm³/mol. The molecule has 0 atom stereocenters. The maximum absolute atomic E-state index is 13.1. The van der Waals surface area contributed by atoms with Gasteiger partial charge in [0.25, 0.3) is 5.91 Å². The van der Waals surface area contributed by atoms with Crippen molar-refractivity contribution in [1.82, 2.24) is 4.98 Å². The molecule has 0 aliphatic carbocycles. The number of pyridine rings is 1. The van der Waals surface area contributed by atoms with Crippen LogP contribution < -0.4 is 10.6 Å². The summed E-state index contributed by atoms with van der Waals surface area (Å²) in [5.74, 6) is -0.849. The van der Waals surface area contributed by atoms with E-state index < -0.39 is 5.82 Å². The van der Waals surface area contributed by atoms with Gasteiger partial charge in [0.05, 0.1) is 16.3 Å². The number of carbonyl (C=O) groups excluding carboxylic acids is 1. The van der Waals surface area contributed by atoms with Crippen molar-refractivity contribution >= 4 is 28.9 Å². The van der Waals surface area contributed by atoms with Gasteiger partial charge >= 0.3 is 0 Å². The Balaban J connectivity index is 2.05. The number of nitrogens with zero attached hydrogens (tertiary/aromatic N) is 1. The second kappa shape index (κ2) is 7.75. The van der Waals surface area contributed by atoms with Crippen molar-refractivity contribution in [3.05, 3.63) is 53.1 Å². The van der Waals surface area contributed by atoms with E-state index in [4.69, 9.17) is 11.6 Å². The van der Waals surface area contributed by atoms with Gasteiger partial charge in [-0.3, -0.25) is 9.78 Å². The molecule has 6 heteroatoms. The molecule has 0 saturated heterocycles. The zero-order valence-corrected chi connectivity index (χ0v) is 13.0. The fourth-order valence-electron chi connectivity index (χ4n) is 1.85. The van der Waals surface area contributed by atoms with Crippen molar-refractivity contribution in [2.75, 3.05) is 17.2 Å². The van der Waals surface area contributed by atoms with Gasteiger partial charge < -0.3 is 10.6 Å². The average Bonchev–Trinajstić information content (AvgIpc) is 2.51. The Morgan fingerprint density at radius 2 is 2.09 bits per heavy atom. The van der Waals surface area contributed by atoms with E-state index in [2.05, 4.69) is 22.5 Å². The third-order valence-corrected chi connectivity index (χ3v) is 3.33. The molecule has 0 fully saturated rings. The zero-order chi connectivity index (χ0) is 15.9. The van der Waals surface area contributed by atoms with Gasteiger partial charge in [-0.1, -0.05) is 24.9 Å². The zero-order valence-electron chi connectivity index (χ0n) is 12.2. The topological polar surface area (TPSA) is 54.0 Å². The molecule has 1 aromatic heterocycles. The van der Waals surface area contributed by atoms with Crippen LogP contribution in [0.4, 0.5) is 15.8 Å². The largest absolute Gasteiger partial charge is 0.384 e. The maximum Gasteiger partial charge on any atom is 0.257 e. The van der Waals surface area contributed by atoms with Crippen LogP contribution in [0.5, 0.6) is 0 Å². The number of hydrogen-bond acceptors (Lipinski definition) is 3. The number of benzene rings is 1. The van der Waals surface area contributed by atoms with Crippen molar-refractivity contribution < 1.29 is 9.18 Å². The minimum Gasteiger partial charge on any atom is -0.384 e. The molecule has 0 saturated carbocycles. The van der Waals surface area contributed by atoms with E-state index in [1.54, 1.807) is 12.3 Å². The molecule has 4 nitrogen and oxygen atoms in total. The van der Waals surface area contributed by atoms with Crippen LogP contribution in [0.3, 0.4) is 0 Å². The first kappa shape index (κ1) is 16.2. The van der Waals surface area contributed by atoms with E-state index in [9.17, 15) is 9.18 Å². The fourth-order valence-corrected chi connectivity index (χ4v) is 2.03. The highest BCUT2D eigenvalue weighted by Gasteiger charge is 2.09. The smallest absolute Gasteiger partial charge is 0.257 e. The van der Waals surface area contributed by atoms with Crippen LogP contribution in [0.15, 0.2) is 36.7 Å². The lowest BCUT2D eigenvalue weighted by atomic mass is 10.2. The predicted octanol–water partition coefficient (Wildman–Crippen LogP) is 4.34. The van der Waals surface area contributed by atoms with Crippen LogP contribution in [-0.4, -0.2) is 17.4 Å². The molecule has 22 heavy (non-hydrogen) atoms. The molecular formula is C16H17ClFN3O. The average molecular weight is 322 g/mol. The highest BCUT2D eigenvalue weighted by molar-refractivity contribution is 6.31.